The van der Waals surface area contributed by atoms with Crippen LogP contribution in [0.5, 0.6) is 0 Å². The monoisotopic (exact) mass is 330 g/mol. The van der Waals surface area contributed by atoms with Crippen LogP contribution < -0.4 is 4.90 Å². The van der Waals surface area contributed by atoms with Crippen LogP contribution in [0.3, 0.4) is 0 Å². The molecule has 1 aliphatic rings. The van der Waals surface area contributed by atoms with Gasteiger partial charge >= 0.3 is 0 Å². The Balaban J connectivity index is 2.10. The summed E-state index contributed by atoms with van der Waals surface area (Å²) in [5.41, 5.74) is 2.43. The SMILES string of the molecule is CN(CC1CCCN1C)c1ccc(Br)cc1CCl. The van der Waals surface area contributed by atoms with E-state index < -0.39 is 0 Å². The highest BCUT2D eigenvalue weighted by Crippen LogP contribution is 2.26. The highest BCUT2D eigenvalue weighted by molar-refractivity contribution is 9.10. The van der Waals surface area contributed by atoms with Gasteiger partial charge in [0.2, 0.25) is 0 Å². The molecule has 1 aromatic carbocycles. The fourth-order valence-electron chi connectivity index (χ4n) is 2.66. The summed E-state index contributed by atoms with van der Waals surface area (Å²) in [7, 11) is 4.38. The van der Waals surface area contributed by atoms with Gasteiger partial charge in [0.05, 0.1) is 0 Å². The normalized spacial score (nSPS) is 20.3. The second-order valence-corrected chi connectivity index (χ2v) is 6.25. The number of likely N-dealkylation sites (N-methyl/N-ethyl adjacent to an activating group) is 2. The first-order valence-electron chi connectivity index (χ1n) is 6.37. The summed E-state index contributed by atoms with van der Waals surface area (Å²) in [6, 6.07) is 7.01. The molecule has 1 fully saturated rings. The minimum absolute atomic E-state index is 0.555. The number of rotatable bonds is 4. The van der Waals surface area contributed by atoms with Crippen molar-refractivity contribution in [1.29, 1.82) is 0 Å². The Morgan fingerprint density at radius 1 is 1.50 bits per heavy atom. The second-order valence-electron chi connectivity index (χ2n) is 5.06. The van der Waals surface area contributed by atoms with Gasteiger partial charge in [-0.2, -0.15) is 0 Å². The van der Waals surface area contributed by atoms with Crippen LogP contribution in [0.4, 0.5) is 5.69 Å². The number of alkyl halides is 1. The van der Waals surface area contributed by atoms with Crippen LogP contribution in [0, 0.1) is 0 Å². The Morgan fingerprint density at radius 3 is 2.89 bits per heavy atom. The molecule has 1 atom stereocenters. The van der Waals surface area contributed by atoms with Crippen molar-refractivity contribution in [1.82, 2.24) is 4.90 Å². The van der Waals surface area contributed by atoms with E-state index in [1.165, 1.54) is 30.6 Å². The molecule has 1 heterocycles. The third kappa shape index (κ3) is 3.19. The van der Waals surface area contributed by atoms with Crippen LogP contribution in [0.2, 0.25) is 0 Å². The molecule has 1 saturated heterocycles. The molecule has 0 aliphatic carbocycles. The Labute approximate surface area is 123 Å². The fraction of sp³-hybridized carbons (Fsp3) is 0.571. The number of hydrogen-bond donors (Lipinski definition) is 0. The summed E-state index contributed by atoms with van der Waals surface area (Å²) < 4.78 is 1.09. The van der Waals surface area contributed by atoms with E-state index in [-0.39, 0.29) is 0 Å². The molecule has 100 valence electrons. The molecule has 1 unspecified atom stereocenters. The van der Waals surface area contributed by atoms with E-state index in [0.717, 1.165) is 11.0 Å². The van der Waals surface area contributed by atoms with Crippen molar-refractivity contribution in [2.75, 3.05) is 32.1 Å². The molecular formula is C14H20BrClN2. The predicted octanol–water partition coefficient (Wildman–Crippen LogP) is 3.72. The molecule has 0 radical (unpaired) electrons. The van der Waals surface area contributed by atoms with E-state index >= 15 is 0 Å². The average molecular weight is 332 g/mol. The first-order chi connectivity index (χ1) is 8.61. The lowest BCUT2D eigenvalue weighted by atomic mass is 10.1. The maximum Gasteiger partial charge on any atom is 0.0494 e. The van der Waals surface area contributed by atoms with Crippen LogP contribution >= 0.6 is 27.5 Å². The summed E-state index contributed by atoms with van der Waals surface area (Å²) >= 11 is 9.53. The highest BCUT2D eigenvalue weighted by atomic mass is 79.9. The number of benzene rings is 1. The van der Waals surface area contributed by atoms with Crippen LogP contribution in [-0.4, -0.2) is 38.1 Å². The largest absolute Gasteiger partial charge is 0.373 e. The van der Waals surface area contributed by atoms with Gasteiger partial charge in [0.1, 0.15) is 0 Å². The zero-order valence-electron chi connectivity index (χ0n) is 11.0. The predicted molar refractivity (Wildman–Crippen MR) is 82.6 cm³/mol. The van der Waals surface area contributed by atoms with Gasteiger partial charge in [0.15, 0.2) is 0 Å². The number of hydrogen-bond acceptors (Lipinski definition) is 2. The molecule has 0 spiro atoms. The Bertz CT molecular complexity index is 411. The Morgan fingerprint density at radius 2 is 2.28 bits per heavy atom. The molecular weight excluding hydrogens is 312 g/mol. The number of nitrogens with zero attached hydrogens (tertiary/aromatic N) is 2. The summed E-state index contributed by atoms with van der Waals surface area (Å²) in [5, 5.41) is 0. The van der Waals surface area contributed by atoms with E-state index in [0.29, 0.717) is 11.9 Å². The summed E-state index contributed by atoms with van der Waals surface area (Å²) in [5.74, 6) is 0.555. The van der Waals surface area contributed by atoms with Crippen molar-refractivity contribution in [3.63, 3.8) is 0 Å². The molecule has 1 aromatic rings. The maximum atomic E-state index is 6.04. The van der Waals surface area contributed by atoms with Crippen LogP contribution in [0.1, 0.15) is 18.4 Å². The third-order valence-corrected chi connectivity index (χ3v) is 4.53. The lowest BCUT2D eigenvalue weighted by Gasteiger charge is -2.28. The highest BCUT2D eigenvalue weighted by Gasteiger charge is 2.22. The molecule has 18 heavy (non-hydrogen) atoms. The Kier molecular flexibility index (Phi) is 4.93. The topological polar surface area (TPSA) is 6.48 Å². The second kappa shape index (κ2) is 6.27. The lowest BCUT2D eigenvalue weighted by molar-refractivity contribution is 0.314. The maximum absolute atomic E-state index is 6.04. The minimum atomic E-state index is 0.555. The zero-order valence-corrected chi connectivity index (χ0v) is 13.3. The van der Waals surface area contributed by atoms with Gasteiger partial charge in [-0.1, -0.05) is 15.9 Å². The van der Waals surface area contributed by atoms with E-state index in [2.05, 4.69) is 58.0 Å². The first-order valence-corrected chi connectivity index (χ1v) is 7.70. The van der Waals surface area contributed by atoms with Gasteiger partial charge in [-0.05, 0) is 50.2 Å². The number of anilines is 1. The minimum Gasteiger partial charge on any atom is -0.373 e. The lowest BCUT2D eigenvalue weighted by Crippen LogP contribution is -2.36. The molecule has 0 amide bonds. The van der Waals surface area contributed by atoms with E-state index in [4.69, 9.17) is 11.6 Å². The fourth-order valence-corrected chi connectivity index (χ4v) is 3.28. The molecule has 1 aliphatic heterocycles. The van der Waals surface area contributed by atoms with Gasteiger partial charge < -0.3 is 9.80 Å². The molecule has 2 nitrogen and oxygen atoms in total. The van der Waals surface area contributed by atoms with E-state index in [1.807, 2.05) is 0 Å². The van der Waals surface area contributed by atoms with Gasteiger partial charge in [-0.3, -0.25) is 0 Å². The number of halogens is 2. The van der Waals surface area contributed by atoms with Crippen molar-refractivity contribution in [3.8, 4) is 0 Å². The van der Waals surface area contributed by atoms with E-state index in [9.17, 15) is 0 Å². The molecule has 2 rings (SSSR count). The van der Waals surface area contributed by atoms with Crippen molar-refractivity contribution >= 4 is 33.2 Å². The average Bonchev–Trinajstić information content (AvgIpc) is 2.74. The van der Waals surface area contributed by atoms with Crippen molar-refractivity contribution in [3.05, 3.63) is 28.2 Å². The summed E-state index contributed by atoms with van der Waals surface area (Å²) in [6.45, 7) is 2.29. The first kappa shape index (κ1) is 14.2. The Hall–Kier alpha value is -0.250. The van der Waals surface area contributed by atoms with Gasteiger partial charge in [-0.15, -0.1) is 11.6 Å². The molecule has 0 bridgehead atoms. The van der Waals surface area contributed by atoms with Gasteiger partial charge in [-0.25, -0.2) is 0 Å². The van der Waals surface area contributed by atoms with Crippen molar-refractivity contribution in [2.24, 2.45) is 0 Å². The van der Waals surface area contributed by atoms with Gasteiger partial charge in [0, 0.05) is 35.7 Å². The standard InChI is InChI=1S/C14H20BrClN2/c1-17-7-3-4-13(17)10-18(2)14-6-5-12(15)8-11(14)9-16/h5-6,8,13H,3-4,7,9-10H2,1-2H3. The van der Waals surface area contributed by atoms with Crippen LogP contribution in [0.15, 0.2) is 22.7 Å². The number of likely N-dealkylation sites (tertiary alicyclic amines) is 1. The zero-order chi connectivity index (χ0) is 13.1. The summed E-state index contributed by atoms with van der Waals surface area (Å²) in [4.78, 5) is 4.78. The van der Waals surface area contributed by atoms with Crippen molar-refractivity contribution < 1.29 is 0 Å². The third-order valence-electron chi connectivity index (χ3n) is 3.75. The van der Waals surface area contributed by atoms with Crippen LogP contribution in [-0.2, 0) is 5.88 Å². The molecule has 4 heteroatoms. The molecule has 0 N–H and O–H groups in total. The molecule has 0 saturated carbocycles. The molecule has 0 aromatic heterocycles. The van der Waals surface area contributed by atoms with Crippen molar-refractivity contribution in [2.45, 2.75) is 24.8 Å². The van der Waals surface area contributed by atoms with Gasteiger partial charge in [0.25, 0.3) is 0 Å². The quantitative estimate of drug-likeness (QED) is 0.776. The summed E-state index contributed by atoms with van der Waals surface area (Å²) in [6.07, 6.45) is 2.62. The van der Waals surface area contributed by atoms with E-state index in [1.54, 1.807) is 0 Å². The van der Waals surface area contributed by atoms with Crippen LogP contribution in [0.25, 0.3) is 0 Å². The smallest absolute Gasteiger partial charge is 0.0494 e.